The lowest BCUT2D eigenvalue weighted by Crippen LogP contribution is -2.22. The van der Waals surface area contributed by atoms with Gasteiger partial charge in [0.2, 0.25) is 0 Å². The lowest BCUT2D eigenvalue weighted by atomic mass is 10.1. The number of hydrogen-bond acceptors (Lipinski definition) is 4. The van der Waals surface area contributed by atoms with Gasteiger partial charge < -0.3 is 9.15 Å². The summed E-state index contributed by atoms with van der Waals surface area (Å²) in [6.07, 6.45) is 0.302. The molecule has 0 radical (unpaired) electrons. The van der Waals surface area contributed by atoms with Crippen LogP contribution in [0.1, 0.15) is 24.0 Å². The highest BCUT2D eigenvalue weighted by Crippen LogP contribution is 2.24. The molecule has 0 amide bonds. The molecule has 1 aromatic rings. The summed E-state index contributed by atoms with van der Waals surface area (Å²) in [6, 6.07) is 3.72. The molecule has 0 aliphatic carbocycles. The third-order valence-corrected chi connectivity index (χ3v) is 2.30. The van der Waals surface area contributed by atoms with Crippen molar-refractivity contribution in [1.29, 1.82) is 0 Å². The van der Waals surface area contributed by atoms with Crippen LogP contribution in [0.5, 0.6) is 0 Å². The predicted octanol–water partition coefficient (Wildman–Crippen LogP) is 1.75. The minimum Gasteiger partial charge on any atom is -0.469 e. The Bertz CT molecular complexity index is 330. The number of ether oxygens (including phenoxy) is 1. The molecular weight excluding hydrogens is 194 g/mol. The van der Waals surface area contributed by atoms with Crippen molar-refractivity contribution in [1.82, 2.24) is 4.90 Å². The van der Waals surface area contributed by atoms with Crippen molar-refractivity contribution < 1.29 is 13.9 Å². The van der Waals surface area contributed by atoms with E-state index in [2.05, 4.69) is 4.74 Å². The van der Waals surface area contributed by atoms with Crippen LogP contribution in [-0.2, 0) is 9.53 Å². The molecule has 0 aliphatic rings. The molecule has 0 saturated heterocycles. The molecule has 1 unspecified atom stereocenters. The Kier molecular flexibility index (Phi) is 3.91. The van der Waals surface area contributed by atoms with Crippen molar-refractivity contribution in [3.8, 4) is 0 Å². The molecule has 1 atom stereocenters. The fraction of sp³-hybridized carbons (Fsp3) is 0.545. The van der Waals surface area contributed by atoms with Gasteiger partial charge in [-0.25, -0.2) is 0 Å². The number of aryl methyl sites for hydroxylation is 1. The average molecular weight is 211 g/mol. The second-order valence-electron chi connectivity index (χ2n) is 3.71. The zero-order valence-electron chi connectivity index (χ0n) is 9.61. The number of carbonyl (C=O) groups excluding carboxylic acids is 1. The minimum atomic E-state index is -0.234. The first kappa shape index (κ1) is 11.8. The molecule has 0 bridgehead atoms. The molecule has 0 fully saturated rings. The zero-order valence-corrected chi connectivity index (χ0v) is 9.61. The highest BCUT2D eigenvalue weighted by atomic mass is 16.5. The molecular formula is C11H17NO3. The Morgan fingerprint density at radius 3 is 2.60 bits per heavy atom. The summed E-state index contributed by atoms with van der Waals surface area (Å²) < 4.78 is 10.2. The highest BCUT2D eigenvalue weighted by Gasteiger charge is 2.21. The molecule has 0 aliphatic heterocycles. The van der Waals surface area contributed by atoms with Gasteiger partial charge in [-0.3, -0.25) is 9.69 Å². The van der Waals surface area contributed by atoms with Gasteiger partial charge in [0.05, 0.1) is 19.6 Å². The number of rotatable bonds is 4. The van der Waals surface area contributed by atoms with E-state index in [0.717, 1.165) is 11.5 Å². The Morgan fingerprint density at radius 2 is 2.20 bits per heavy atom. The van der Waals surface area contributed by atoms with E-state index in [1.807, 2.05) is 38.1 Å². The van der Waals surface area contributed by atoms with Crippen molar-refractivity contribution in [2.45, 2.75) is 19.4 Å². The second-order valence-corrected chi connectivity index (χ2v) is 3.71. The fourth-order valence-corrected chi connectivity index (χ4v) is 1.41. The highest BCUT2D eigenvalue weighted by molar-refractivity contribution is 5.70. The first-order chi connectivity index (χ1) is 7.04. The van der Waals surface area contributed by atoms with Gasteiger partial charge in [0, 0.05) is 0 Å². The predicted molar refractivity (Wildman–Crippen MR) is 56.5 cm³/mol. The maximum atomic E-state index is 11.2. The monoisotopic (exact) mass is 211 g/mol. The van der Waals surface area contributed by atoms with Crippen LogP contribution < -0.4 is 0 Å². The van der Waals surface area contributed by atoms with E-state index in [4.69, 9.17) is 4.42 Å². The van der Waals surface area contributed by atoms with Crippen LogP contribution in [0.3, 0.4) is 0 Å². The third kappa shape index (κ3) is 3.09. The Hall–Kier alpha value is -1.29. The van der Waals surface area contributed by atoms with E-state index in [9.17, 15) is 4.79 Å². The maximum absolute atomic E-state index is 11.2. The number of nitrogens with zero attached hydrogens (tertiary/aromatic N) is 1. The molecule has 0 spiro atoms. The quantitative estimate of drug-likeness (QED) is 0.712. The molecule has 0 saturated carbocycles. The minimum absolute atomic E-state index is 0.0638. The summed E-state index contributed by atoms with van der Waals surface area (Å²) in [5.74, 6) is 1.41. The molecule has 0 N–H and O–H groups in total. The van der Waals surface area contributed by atoms with Crippen molar-refractivity contribution >= 4 is 5.97 Å². The molecule has 1 aromatic heterocycles. The van der Waals surface area contributed by atoms with E-state index >= 15 is 0 Å². The van der Waals surface area contributed by atoms with Crippen LogP contribution in [-0.4, -0.2) is 32.1 Å². The SMILES string of the molecule is COC(=O)CC(c1ccc(C)o1)N(C)C. The summed E-state index contributed by atoms with van der Waals surface area (Å²) in [6.45, 7) is 1.88. The van der Waals surface area contributed by atoms with Crippen LogP contribution in [0.25, 0.3) is 0 Å². The molecule has 4 nitrogen and oxygen atoms in total. The number of carbonyl (C=O) groups is 1. The summed E-state index contributed by atoms with van der Waals surface area (Å²) in [4.78, 5) is 13.2. The number of esters is 1. The standard InChI is InChI=1S/C11H17NO3/c1-8-5-6-10(15-8)9(12(2)3)7-11(13)14-4/h5-6,9H,7H2,1-4H3. The van der Waals surface area contributed by atoms with Gasteiger partial charge in [0.15, 0.2) is 0 Å². The Labute approximate surface area is 89.8 Å². The lowest BCUT2D eigenvalue weighted by Gasteiger charge is -2.20. The topological polar surface area (TPSA) is 42.7 Å². The van der Waals surface area contributed by atoms with Crippen LogP contribution in [0.15, 0.2) is 16.5 Å². The molecule has 4 heteroatoms. The van der Waals surface area contributed by atoms with E-state index in [-0.39, 0.29) is 12.0 Å². The van der Waals surface area contributed by atoms with Crippen molar-refractivity contribution in [3.05, 3.63) is 23.7 Å². The summed E-state index contributed by atoms with van der Waals surface area (Å²) >= 11 is 0. The number of furan rings is 1. The van der Waals surface area contributed by atoms with E-state index < -0.39 is 0 Å². The van der Waals surface area contributed by atoms with E-state index in [0.29, 0.717) is 6.42 Å². The Morgan fingerprint density at radius 1 is 1.53 bits per heavy atom. The molecule has 1 heterocycles. The molecule has 15 heavy (non-hydrogen) atoms. The van der Waals surface area contributed by atoms with Gasteiger partial charge in [0.1, 0.15) is 11.5 Å². The molecule has 84 valence electrons. The van der Waals surface area contributed by atoms with Gasteiger partial charge in [-0.05, 0) is 33.2 Å². The normalized spacial score (nSPS) is 12.9. The van der Waals surface area contributed by atoms with Crippen molar-refractivity contribution in [3.63, 3.8) is 0 Å². The average Bonchev–Trinajstić information content (AvgIpc) is 2.60. The fourth-order valence-electron chi connectivity index (χ4n) is 1.41. The largest absolute Gasteiger partial charge is 0.469 e. The smallest absolute Gasteiger partial charge is 0.307 e. The van der Waals surface area contributed by atoms with Crippen LogP contribution in [0.2, 0.25) is 0 Å². The number of hydrogen-bond donors (Lipinski definition) is 0. The van der Waals surface area contributed by atoms with Crippen LogP contribution in [0.4, 0.5) is 0 Å². The van der Waals surface area contributed by atoms with Gasteiger partial charge in [-0.2, -0.15) is 0 Å². The molecule has 1 rings (SSSR count). The van der Waals surface area contributed by atoms with Crippen molar-refractivity contribution in [2.24, 2.45) is 0 Å². The lowest BCUT2D eigenvalue weighted by molar-refractivity contribution is -0.142. The van der Waals surface area contributed by atoms with E-state index in [1.165, 1.54) is 7.11 Å². The first-order valence-electron chi connectivity index (χ1n) is 4.84. The second kappa shape index (κ2) is 4.98. The summed E-state index contributed by atoms with van der Waals surface area (Å²) in [5.41, 5.74) is 0. The third-order valence-electron chi connectivity index (χ3n) is 2.30. The van der Waals surface area contributed by atoms with Gasteiger partial charge >= 0.3 is 5.97 Å². The van der Waals surface area contributed by atoms with Crippen molar-refractivity contribution in [2.75, 3.05) is 21.2 Å². The van der Waals surface area contributed by atoms with Gasteiger partial charge in [-0.15, -0.1) is 0 Å². The van der Waals surface area contributed by atoms with Gasteiger partial charge in [0.25, 0.3) is 0 Å². The Balaban J connectivity index is 2.79. The first-order valence-corrected chi connectivity index (χ1v) is 4.84. The van der Waals surface area contributed by atoms with Crippen LogP contribution >= 0.6 is 0 Å². The molecule has 0 aromatic carbocycles. The van der Waals surface area contributed by atoms with Gasteiger partial charge in [-0.1, -0.05) is 0 Å². The maximum Gasteiger partial charge on any atom is 0.307 e. The zero-order chi connectivity index (χ0) is 11.4. The summed E-state index contributed by atoms with van der Waals surface area (Å²) in [5, 5.41) is 0. The summed E-state index contributed by atoms with van der Waals surface area (Å²) in [7, 11) is 5.21. The van der Waals surface area contributed by atoms with Crippen LogP contribution in [0, 0.1) is 6.92 Å². The van der Waals surface area contributed by atoms with E-state index in [1.54, 1.807) is 0 Å². The number of methoxy groups -OCH3 is 1.